The van der Waals surface area contributed by atoms with Crippen LogP contribution < -0.4 is 5.32 Å². The number of hydrogen-bond acceptors (Lipinski definition) is 2. The Morgan fingerprint density at radius 1 is 1.19 bits per heavy atom. The van der Waals surface area contributed by atoms with Crippen LogP contribution in [0.3, 0.4) is 0 Å². The van der Waals surface area contributed by atoms with E-state index in [4.69, 9.17) is 16.7 Å². The minimum Gasteiger partial charge on any atom is -0.478 e. The molecule has 0 saturated heterocycles. The summed E-state index contributed by atoms with van der Waals surface area (Å²) in [6, 6.07) is 11.7. The van der Waals surface area contributed by atoms with Crippen LogP contribution in [-0.2, 0) is 11.2 Å². The van der Waals surface area contributed by atoms with E-state index >= 15 is 0 Å². The summed E-state index contributed by atoms with van der Waals surface area (Å²) in [6.45, 7) is 0. The highest BCUT2D eigenvalue weighted by atomic mass is 79.9. The van der Waals surface area contributed by atoms with Gasteiger partial charge in [-0.15, -0.1) is 0 Å². The van der Waals surface area contributed by atoms with E-state index < -0.39 is 5.97 Å². The first-order valence-corrected chi connectivity index (χ1v) is 7.20. The largest absolute Gasteiger partial charge is 0.478 e. The van der Waals surface area contributed by atoms with E-state index in [1.807, 2.05) is 0 Å². The van der Waals surface area contributed by atoms with Gasteiger partial charge in [-0.25, -0.2) is 4.79 Å². The van der Waals surface area contributed by atoms with E-state index in [9.17, 15) is 9.59 Å². The quantitative estimate of drug-likeness (QED) is 0.858. The predicted octanol–water partition coefficient (Wildman–Crippen LogP) is 3.98. The second-order valence-corrected chi connectivity index (χ2v) is 5.61. The van der Waals surface area contributed by atoms with Crippen molar-refractivity contribution in [3.8, 4) is 0 Å². The van der Waals surface area contributed by atoms with E-state index in [0.717, 1.165) is 5.56 Å². The number of carbonyl (C=O) groups is 2. The molecule has 0 aliphatic heterocycles. The average molecular weight is 369 g/mol. The van der Waals surface area contributed by atoms with E-state index in [1.54, 1.807) is 36.4 Å². The van der Waals surface area contributed by atoms with Gasteiger partial charge in [0.25, 0.3) is 0 Å². The fraction of sp³-hybridized carbons (Fsp3) is 0.0667. The van der Waals surface area contributed by atoms with Gasteiger partial charge in [0.2, 0.25) is 5.91 Å². The number of carboxylic acids is 1. The molecule has 0 fully saturated rings. The highest BCUT2D eigenvalue weighted by Gasteiger charge is 2.15. The Morgan fingerprint density at radius 3 is 2.57 bits per heavy atom. The lowest BCUT2D eigenvalue weighted by Gasteiger charge is -2.10. The third-order valence-electron chi connectivity index (χ3n) is 2.76. The Kier molecular flexibility index (Phi) is 4.98. The van der Waals surface area contributed by atoms with E-state index in [2.05, 4.69) is 21.2 Å². The number of carbonyl (C=O) groups excluding carboxylic acids is 1. The van der Waals surface area contributed by atoms with E-state index in [1.165, 1.54) is 6.07 Å². The molecule has 6 heteroatoms. The van der Waals surface area contributed by atoms with Gasteiger partial charge in [-0.2, -0.15) is 0 Å². The normalized spacial score (nSPS) is 10.2. The van der Waals surface area contributed by atoms with Crippen LogP contribution in [0, 0.1) is 0 Å². The van der Waals surface area contributed by atoms with Gasteiger partial charge in [-0.05, 0) is 45.8 Å². The highest BCUT2D eigenvalue weighted by Crippen LogP contribution is 2.26. The molecule has 0 saturated carbocycles. The standard InChI is InChI=1S/C15H11BrClNO3/c16-12-6-2-5-11(15(20)21)14(12)18-13(19)8-9-3-1-4-10(17)7-9/h1-7H,8H2,(H,18,19)(H,20,21). The Labute approximate surface area is 134 Å². The Hall–Kier alpha value is -1.85. The summed E-state index contributed by atoms with van der Waals surface area (Å²) < 4.78 is 0.516. The number of hydrogen-bond donors (Lipinski definition) is 2. The molecule has 0 spiro atoms. The molecule has 108 valence electrons. The van der Waals surface area contributed by atoms with Crippen LogP contribution in [0.1, 0.15) is 15.9 Å². The molecular formula is C15H11BrClNO3. The summed E-state index contributed by atoms with van der Waals surface area (Å²) in [5.41, 5.74) is 1.03. The molecule has 4 nitrogen and oxygen atoms in total. The maximum Gasteiger partial charge on any atom is 0.337 e. The number of halogens is 2. The molecule has 0 unspecified atom stereocenters. The first-order valence-electron chi connectivity index (χ1n) is 6.03. The van der Waals surface area contributed by atoms with Crippen molar-refractivity contribution in [1.82, 2.24) is 0 Å². The summed E-state index contributed by atoms with van der Waals surface area (Å²) in [4.78, 5) is 23.2. The van der Waals surface area contributed by atoms with Crippen molar-refractivity contribution in [2.45, 2.75) is 6.42 Å². The van der Waals surface area contributed by atoms with Gasteiger partial charge in [0, 0.05) is 9.50 Å². The molecule has 0 atom stereocenters. The number of para-hydroxylation sites is 1. The second-order valence-electron chi connectivity index (χ2n) is 4.32. The van der Waals surface area contributed by atoms with E-state index in [-0.39, 0.29) is 23.6 Å². The Balaban J connectivity index is 2.18. The smallest absolute Gasteiger partial charge is 0.337 e. The van der Waals surface area contributed by atoms with Crippen molar-refractivity contribution in [1.29, 1.82) is 0 Å². The van der Waals surface area contributed by atoms with Gasteiger partial charge < -0.3 is 10.4 Å². The van der Waals surface area contributed by atoms with Crippen LogP contribution in [-0.4, -0.2) is 17.0 Å². The topological polar surface area (TPSA) is 66.4 Å². The lowest BCUT2D eigenvalue weighted by molar-refractivity contribution is -0.115. The summed E-state index contributed by atoms with van der Waals surface area (Å²) in [5.74, 6) is -1.42. The van der Waals surface area contributed by atoms with Crippen molar-refractivity contribution in [3.05, 3.63) is 63.1 Å². The number of nitrogens with one attached hydrogen (secondary N) is 1. The minimum atomic E-state index is -1.10. The van der Waals surface area contributed by atoms with Gasteiger partial charge in [0.1, 0.15) is 0 Å². The molecule has 21 heavy (non-hydrogen) atoms. The molecule has 0 radical (unpaired) electrons. The van der Waals surface area contributed by atoms with Gasteiger partial charge in [0.15, 0.2) is 0 Å². The minimum absolute atomic E-state index is 0.0313. The number of benzene rings is 2. The SMILES string of the molecule is O=C(Cc1cccc(Cl)c1)Nc1c(Br)cccc1C(=O)O. The van der Waals surface area contributed by atoms with Gasteiger partial charge in [-0.3, -0.25) is 4.79 Å². The van der Waals surface area contributed by atoms with Crippen LogP contribution in [0.25, 0.3) is 0 Å². The molecule has 0 bridgehead atoms. The van der Waals surface area contributed by atoms with Gasteiger partial charge >= 0.3 is 5.97 Å². The number of aromatic carboxylic acids is 1. The maximum absolute atomic E-state index is 12.1. The maximum atomic E-state index is 12.1. The fourth-order valence-corrected chi connectivity index (χ4v) is 2.52. The number of anilines is 1. The zero-order chi connectivity index (χ0) is 15.4. The zero-order valence-electron chi connectivity index (χ0n) is 10.8. The third kappa shape index (κ3) is 4.06. The number of carboxylic acid groups (broad SMARTS) is 1. The van der Waals surface area contributed by atoms with Crippen LogP contribution in [0.4, 0.5) is 5.69 Å². The molecule has 0 aliphatic carbocycles. The summed E-state index contributed by atoms with van der Waals surface area (Å²) >= 11 is 9.11. The van der Waals surface area contributed by atoms with Gasteiger partial charge in [-0.1, -0.05) is 29.8 Å². The summed E-state index contributed by atoms with van der Waals surface area (Å²) in [6.07, 6.45) is 0.112. The molecule has 2 aromatic carbocycles. The number of rotatable bonds is 4. The second kappa shape index (κ2) is 6.74. The molecule has 1 amide bonds. The molecule has 2 aromatic rings. The van der Waals surface area contributed by atoms with Crippen LogP contribution in [0.15, 0.2) is 46.9 Å². The molecular weight excluding hydrogens is 358 g/mol. The first kappa shape index (κ1) is 15.5. The van der Waals surface area contributed by atoms with Crippen molar-refractivity contribution >= 4 is 45.1 Å². The zero-order valence-corrected chi connectivity index (χ0v) is 13.1. The van der Waals surface area contributed by atoms with Crippen LogP contribution >= 0.6 is 27.5 Å². The average Bonchev–Trinajstić information content (AvgIpc) is 2.40. The van der Waals surface area contributed by atoms with E-state index in [0.29, 0.717) is 9.50 Å². The molecule has 0 aromatic heterocycles. The predicted molar refractivity (Wildman–Crippen MR) is 84.9 cm³/mol. The lowest BCUT2D eigenvalue weighted by atomic mass is 10.1. The monoisotopic (exact) mass is 367 g/mol. The Morgan fingerprint density at radius 2 is 1.90 bits per heavy atom. The number of amides is 1. The van der Waals surface area contributed by atoms with Crippen molar-refractivity contribution in [2.75, 3.05) is 5.32 Å². The molecule has 0 aliphatic rings. The fourth-order valence-electron chi connectivity index (χ4n) is 1.85. The van der Waals surface area contributed by atoms with Crippen LogP contribution in [0.2, 0.25) is 5.02 Å². The van der Waals surface area contributed by atoms with Crippen molar-refractivity contribution in [3.63, 3.8) is 0 Å². The summed E-state index contributed by atoms with van der Waals surface area (Å²) in [7, 11) is 0. The molecule has 2 rings (SSSR count). The Bertz CT molecular complexity index is 703. The third-order valence-corrected chi connectivity index (χ3v) is 3.66. The van der Waals surface area contributed by atoms with Gasteiger partial charge in [0.05, 0.1) is 17.7 Å². The highest BCUT2D eigenvalue weighted by molar-refractivity contribution is 9.10. The first-order chi connectivity index (χ1) is 9.97. The summed E-state index contributed by atoms with van der Waals surface area (Å²) in [5, 5.41) is 12.3. The van der Waals surface area contributed by atoms with Crippen LogP contribution in [0.5, 0.6) is 0 Å². The molecule has 0 heterocycles. The van der Waals surface area contributed by atoms with Crippen molar-refractivity contribution in [2.24, 2.45) is 0 Å². The molecule has 2 N–H and O–H groups in total. The van der Waals surface area contributed by atoms with Crippen molar-refractivity contribution < 1.29 is 14.7 Å². The lowest BCUT2D eigenvalue weighted by Crippen LogP contribution is -2.17.